The number of aromatic hydroxyl groups is 2. The van der Waals surface area contributed by atoms with Crippen LogP contribution in [0.3, 0.4) is 0 Å². The SMILES string of the molecule is C.C.COc1cccc(/C=C/c2nc3ccccc3c(=O)n2-c2c(C)ccnc2C)c1O.COc1cccc(/C=C/c2nc3ccccc3c(=O)n2-c2c(C)cncc2C)c1O. The van der Waals surface area contributed by atoms with E-state index in [9.17, 15) is 19.8 Å². The molecule has 0 atom stereocenters. The van der Waals surface area contributed by atoms with Crippen molar-refractivity contribution in [2.75, 3.05) is 14.2 Å². The summed E-state index contributed by atoms with van der Waals surface area (Å²) < 4.78 is 13.5. The van der Waals surface area contributed by atoms with Crippen LogP contribution in [0.1, 0.15) is 60.0 Å². The van der Waals surface area contributed by atoms with Crippen molar-refractivity contribution >= 4 is 46.1 Å². The molecule has 0 saturated heterocycles. The Morgan fingerprint density at radius 1 is 0.548 bits per heavy atom. The summed E-state index contributed by atoms with van der Waals surface area (Å²) in [6, 6.07) is 26.8. The summed E-state index contributed by atoms with van der Waals surface area (Å²) in [5.74, 6) is 1.71. The Hall–Kier alpha value is -7.86. The molecule has 4 aromatic carbocycles. The van der Waals surface area contributed by atoms with Crippen LogP contribution in [0.4, 0.5) is 0 Å². The first-order valence-corrected chi connectivity index (χ1v) is 19.0. The monoisotopic (exact) mass is 830 g/mol. The molecule has 0 spiro atoms. The molecule has 0 radical (unpaired) electrons. The number of aryl methyl sites for hydroxylation is 4. The summed E-state index contributed by atoms with van der Waals surface area (Å²) in [6.07, 6.45) is 12.0. The van der Waals surface area contributed by atoms with Crippen LogP contribution in [-0.4, -0.2) is 53.5 Å². The Morgan fingerprint density at radius 3 is 1.45 bits per heavy atom. The van der Waals surface area contributed by atoms with Gasteiger partial charge in [0.05, 0.1) is 53.1 Å². The highest BCUT2D eigenvalue weighted by atomic mass is 16.5. The zero-order valence-electron chi connectivity index (χ0n) is 33.9. The number of rotatable bonds is 8. The number of aromatic nitrogens is 6. The lowest BCUT2D eigenvalue weighted by Gasteiger charge is -2.15. The molecule has 4 aromatic heterocycles. The number of para-hydroxylation sites is 4. The molecule has 4 heterocycles. The normalized spacial score (nSPS) is 10.9. The van der Waals surface area contributed by atoms with Gasteiger partial charge in [0.2, 0.25) is 0 Å². The number of pyridine rings is 2. The van der Waals surface area contributed by atoms with Gasteiger partial charge in [-0.3, -0.25) is 28.7 Å². The largest absolute Gasteiger partial charge is 0.504 e. The highest BCUT2D eigenvalue weighted by Gasteiger charge is 2.17. The summed E-state index contributed by atoms with van der Waals surface area (Å²) in [4.78, 5) is 44.9. The van der Waals surface area contributed by atoms with Gasteiger partial charge in [-0.1, -0.05) is 63.4 Å². The molecule has 0 saturated carbocycles. The standard InChI is InChI=1S/2C24H21N3O3.2CH4/c1-15-13-25-14-16(2)22(15)27-21(26-19-9-5-4-8-18(19)24(27)29)12-11-17-7-6-10-20(30-3)23(17)28;1-15-13-14-25-16(2)22(15)27-21(26-19-9-5-4-8-18(19)24(27)29)12-11-17-7-6-10-20(30-3)23(17)28;;/h2*4-14,28H,1-3H3;2*1H4/b2*12-11+;;. The second kappa shape index (κ2) is 19.5. The fourth-order valence-corrected chi connectivity index (χ4v) is 7.03. The maximum absolute atomic E-state index is 13.4. The Balaban J connectivity index is 0.000000227. The van der Waals surface area contributed by atoms with Crippen molar-refractivity contribution in [3.8, 4) is 34.4 Å². The molecule has 0 unspecified atom stereocenters. The van der Waals surface area contributed by atoms with E-state index in [4.69, 9.17) is 19.4 Å². The predicted molar refractivity (Wildman–Crippen MR) is 250 cm³/mol. The number of fused-ring (bicyclic) bond motifs is 2. The van der Waals surface area contributed by atoms with Crippen LogP contribution in [0.15, 0.2) is 119 Å². The van der Waals surface area contributed by atoms with Gasteiger partial charge >= 0.3 is 0 Å². The Morgan fingerprint density at radius 2 is 1.00 bits per heavy atom. The van der Waals surface area contributed by atoms with Crippen molar-refractivity contribution < 1.29 is 19.7 Å². The van der Waals surface area contributed by atoms with Gasteiger partial charge in [0.15, 0.2) is 23.0 Å². The fourth-order valence-electron chi connectivity index (χ4n) is 7.03. The molecule has 0 bridgehead atoms. The molecule has 62 heavy (non-hydrogen) atoms. The second-order valence-electron chi connectivity index (χ2n) is 13.9. The Kier molecular flexibility index (Phi) is 14.2. The molecule has 2 N–H and O–H groups in total. The third-order valence-corrected chi connectivity index (χ3v) is 9.97. The molecule has 316 valence electrons. The van der Waals surface area contributed by atoms with Gasteiger partial charge in [-0.25, -0.2) is 9.97 Å². The van der Waals surface area contributed by atoms with Crippen molar-refractivity contribution in [1.82, 2.24) is 29.1 Å². The van der Waals surface area contributed by atoms with Crippen molar-refractivity contribution in [2.45, 2.75) is 42.5 Å². The number of phenols is 2. The maximum Gasteiger partial charge on any atom is 0.266 e. The van der Waals surface area contributed by atoms with E-state index >= 15 is 0 Å². The van der Waals surface area contributed by atoms with Crippen LogP contribution in [0.2, 0.25) is 0 Å². The van der Waals surface area contributed by atoms with E-state index < -0.39 is 0 Å². The summed E-state index contributed by atoms with van der Waals surface area (Å²) in [5.41, 5.74) is 6.84. The van der Waals surface area contributed by atoms with Crippen LogP contribution in [0, 0.1) is 27.7 Å². The van der Waals surface area contributed by atoms with Crippen molar-refractivity contribution in [1.29, 1.82) is 0 Å². The van der Waals surface area contributed by atoms with Crippen molar-refractivity contribution in [3.05, 3.63) is 175 Å². The third-order valence-electron chi connectivity index (χ3n) is 9.97. The molecule has 0 fully saturated rings. The van der Waals surface area contributed by atoms with Gasteiger partial charge in [-0.15, -0.1) is 0 Å². The predicted octanol–water partition coefficient (Wildman–Crippen LogP) is 9.84. The minimum Gasteiger partial charge on any atom is -0.504 e. The van der Waals surface area contributed by atoms with Gasteiger partial charge in [-0.2, -0.15) is 0 Å². The molecular weight excluding hydrogens is 781 g/mol. The highest BCUT2D eigenvalue weighted by Crippen LogP contribution is 2.32. The minimum atomic E-state index is -0.172. The number of hydrogen-bond acceptors (Lipinski definition) is 10. The van der Waals surface area contributed by atoms with Crippen LogP contribution >= 0.6 is 0 Å². The molecule has 0 aliphatic heterocycles. The lowest BCUT2D eigenvalue weighted by atomic mass is 10.1. The van der Waals surface area contributed by atoms with E-state index in [0.29, 0.717) is 61.8 Å². The third kappa shape index (κ3) is 8.85. The molecule has 8 rings (SSSR count). The zero-order chi connectivity index (χ0) is 42.5. The number of ether oxygens (including phenoxy) is 2. The molecule has 12 nitrogen and oxygen atoms in total. The summed E-state index contributed by atoms with van der Waals surface area (Å²) in [5, 5.41) is 21.9. The lowest BCUT2D eigenvalue weighted by Crippen LogP contribution is -2.24. The molecule has 0 amide bonds. The average molecular weight is 831 g/mol. The van der Waals surface area contributed by atoms with Gasteiger partial charge in [0.25, 0.3) is 11.1 Å². The van der Waals surface area contributed by atoms with E-state index in [2.05, 4.69) is 9.97 Å². The second-order valence-corrected chi connectivity index (χ2v) is 13.9. The fraction of sp³-hybridized carbons (Fsp3) is 0.160. The number of benzene rings is 4. The smallest absolute Gasteiger partial charge is 0.266 e. The van der Waals surface area contributed by atoms with Crippen LogP contribution in [0.5, 0.6) is 23.0 Å². The molecule has 8 aromatic rings. The number of phenolic OH excluding ortho intramolecular Hbond substituents is 2. The Labute approximate surface area is 360 Å². The van der Waals surface area contributed by atoms with Crippen LogP contribution in [0.25, 0.3) is 57.5 Å². The van der Waals surface area contributed by atoms with Crippen LogP contribution < -0.4 is 20.6 Å². The quantitative estimate of drug-likeness (QED) is 0.151. The van der Waals surface area contributed by atoms with E-state index in [1.165, 1.54) is 14.2 Å². The van der Waals surface area contributed by atoms with Gasteiger partial charge in [0, 0.05) is 29.7 Å². The van der Waals surface area contributed by atoms with E-state index in [1.807, 2.05) is 70.2 Å². The van der Waals surface area contributed by atoms with E-state index in [1.54, 1.807) is 101 Å². The summed E-state index contributed by atoms with van der Waals surface area (Å²) in [7, 11) is 3.00. The first kappa shape index (κ1) is 45.2. The number of nitrogens with zero attached hydrogens (tertiary/aromatic N) is 6. The summed E-state index contributed by atoms with van der Waals surface area (Å²) in [6.45, 7) is 7.63. The van der Waals surface area contributed by atoms with Crippen LogP contribution in [-0.2, 0) is 0 Å². The van der Waals surface area contributed by atoms with Crippen molar-refractivity contribution in [3.63, 3.8) is 0 Å². The van der Waals surface area contributed by atoms with E-state index in [0.717, 1.165) is 28.1 Å². The molecular formula is C50H50N6O6. The summed E-state index contributed by atoms with van der Waals surface area (Å²) >= 11 is 0. The van der Waals surface area contributed by atoms with Crippen molar-refractivity contribution in [2.24, 2.45) is 0 Å². The Bertz CT molecular complexity index is 2850. The first-order valence-electron chi connectivity index (χ1n) is 19.0. The zero-order valence-corrected chi connectivity index (χ0v) is 33.9. The molecule has 0 aliphatic rings. The minimum absolute atomic E-state index is 0. The van der Waals surface area contributed by atoms with Gasteiger partial charge in [0.1, 0.15) is 11.6 Å². The van der Waals surface area contributed by atoms with Gasteiger partial charge in [-0.05, 0) is 111 Å². The average Bonchev–Trinajstić information content (AvgIpc) is 3.24. The maximum atomic E-state index is 13.4. The molecule has 0 aliphatic carbocycles. The first-order chi connectivity index (χ1) is 29.0. The van der Waals surface area contributed by atoms with E-state index in [-0.39, 0.29) is 37.5 Å². The van der Waals surface area contributed by atoms with Gasteiger partial charge < -0.3 is 19.7 Å². The topological polar surface area (TPSA) is 154 Å². The lowest BCUT2D eigenvalue weighted by molar-refractivity contribution is 0.373. The number of methoxy groups -OCH3 is 2. The number of hydrogen-bond donors (Lipinski definition) is 2. The highest BCUT2D eigenvalue weighted by molar-refractivity contribution is 5.82. The molecule has 12 heteroatoms.